The first-order valence-corrected chi connectivity index (χ1v) is 4.61. The monoisotopic (exact) mass is 171 g/mol. The van der Waals surface area contributed by atoms with E-state index in [0.717, 1.165) is 25.7 Å². The van der Waals surface area contributed by atoms with Crippen molar-refractivity contribution < 1.29 is 9.90 Å². The Hall–Kier alpha value is -0.570. The lowest BCUT2D eigenvalue weighted by Gasteiger charge is -2.26. The fourth-order valence-electron chi connectivity index (χ4n) is 1.90. The molecule has 0 atom stereocenters. The number of aliphatic hydroxyl groups excluding tert-OH is 1. The maximum atomic E-state index is 10.6. The largest absolute Gasteiger partial charge is 0.396 e. The molecule has 0 saturated heterocycles. The first-order valence-electron chi connectivity index (χ1n) is 4.61. The van der Waals surface area contributed by atoms with Crippen molar-refractivity contribution in [3.63, 3.8) is 0 Å². The highest BCUT2D eigenvalue weighted by Gasteiger charge is 2.21. The van der Waals surface area contributed by atoms with Gasteiger partial charge in [0.2, 0.25) is 5.91 Å². The average Bonchev–Trinajstić information content (AvgIpc) is 2.05. The van der Waals surface area contributed by atoms with Crippen molar-refractivity contribution in [2.24, 2.45) is 17.6 Å². The summed E-state index contributed by atoms with van der Waals surface area (Å²) in [5.74, 6) is 0.752. The van der Waals surface area contributed by atoms with E-state index in [1.165, 1.54) is 0 Å². The van der Waals surface area contributed by atoms with E-state index in [1.807, 2.05) is 0 Å². The van der Waals surface area contributed by atoms with Gasteiger partial charge in [-0.15, -0.1) is 0 Å². The Morgan fingerprint density at radius 3 is 2.17 bits per heavy atom. The highest BCUT2D eigenvalue weighted by molar-refractivity contribution is 5.73. The van der Waals surface area contributed by atoms with Crippen LogP contribution < -0.4 is 5.73 Å². The Labute approximate surface area is 72.9 Å². The van der Waals surface area contributed by atoms with Crippen LogP contribution in [0.2, 0.25) is 0 Å². The Morgan fingerprint density at radius 2 is 1.75 bits per heavy atom. The second kappa shape index (κ2) is 4.45. The number of primary amides is 1. The van der Waals surface area contributed by atoms with Gasteiger partial charge in [-0.25, -0.2) is 0 Å². The molecule has 0 spiro atoms. The van der Waals surface area contributed by atoms with Gasteiger partial charge in [0.25, 0.3) is 0 Å². The summed E-state index contributed by atoms with van der Waals surface area (Å²) >= 11 is 0. The number of aliphatic hydroxyl groups is 1. The molecule has 1 aliphatic rings. The van der Waals surface area contributed by atoms with Gasteiger partial charge in [0.05, 0.1) is 0 Å². The van der Waals surface area contributed by atoms with Crippen LogP contribution in [-0.2, 0) is 4.79 Å². The molecule has 0 heterocycles. The molecule has 0 aromatic heterocycles. The van der Waals surface area contributed by atoms with E-state index in [1.54, 1.807) is 0 Å². The third kappa shape index (κ3) is 2.81. The smallest absolute Gasteiger partial charge is 0.217 e. The van der Waals surface area contributed by atoms with Crippen molar-refractivity contribution in [1.29, 1.82) is 0 Å². The topological polar surface area (TPSA) is 63.3 Å². The average molecular weight is 171 g/mol. The van der Waals surface area contributed by atoms with Crippen LogP contribution in [0.5, 0.6) is 0 Å². The molecule has 1 rings (SSSR count). The van der Waals surface area contributed by atoms with Gasteiger partial charge >= 0.3 is 0 Å². The molecule has 1 fully saturated rings. The van der Waals surface area contributed by atoms with Crippen LogP contribution in [0.15, 0.2) is 0 Å². The van der Waals surface area contributed by atoms with Gasteiger partial charge < -0.3 is 10.8 Å². The molecule has 70 valence electrons. The molecule has 1 saturated carbocycles. The van der Waals surface area contributed by atoms with Crippen molar-refractivity contribution in [3.05, 3.63) is 0 Å². The number of nitrogens with two attached hydrogens (primary N) is 1. The van der Waals surface area contributed by atoms with E-state index in [4.69, 9.17) is 10.8 Å². The fourth-order valence-corrected chi connectivity index (χ4v) is 1.90. The lowest BCUT2D eigenvalue weighted by molar-refractivity contribution is -0.119. The van der Waals surface area contributed by atoms with Crippen LogP contribution >= 0.6 is 0 Å². The van der Waals surface area contributed by atoms with E-state index in [2.05, 4.69) is 0 Å². The van der Waals surface area contributed by atoms with Gasteiger partial charge in [-0.05, 0) is 37.5 Å². The first kappa shape index (κ1) is 9.52. The molecule has 0 aromatic rings. The van der Waals surface area contributed by atoms with E-state index >= 15 is 0 Å². The van der Waals surface area contributed by atoms with Gasteiger partial charge in [0, 0.05) is 13.0 Å². The first-order chi connectivity index (χ1) is 5.72. The minimum Gasteiger partial charge on any atom is -0.396 e. The number of hydrogen-bond donors (Lipinski definition) is 2. The summed E-state index contributed by atoms with van der Waals surface area (Å²) in [6.45, 7) is 0.295. The molecule has 1 amide bonds. The number of carbonyl (C=O) groups excluding carboxylic acids is 1. The third-order valence-electron chi connectivity index (χ3n) is 2.71. The standard InChI is InChI=1S/C9H17NO2/c10-9(12)5-7-1-3-8(6-11)4-2-7/h7-8,11H,1-6H2,(H2,10,12). The second-order valence-corrected chi connectivity index (χ2v) is 3.74. The van der Waals surface area contributed by atoms with E-state index in [0.29, 0.717) is 24.9 Å². The second-order valence-electron chi connectivity index (χ2n) is 3.74. The predicted octanol–water partition coefficient (Wildman–Crippen LogP) is 0.660. The molecule has 3 nitrogen and oxygen atoms in total. The number of hydrogen-bond acceptors (Lipinski definition) is 2. The molecule has 0 bridgehead atoms. The van der Waals surface area contributed by atoms with E-state index < -0.39 is 0 Å². The van der Waals surface area contributed by atoms with Gasteiger partial charge in [0.1, 0.15) is 0 Å². The normalized spacial score (nSPS) is 30.1. The van der Waals surface area contributed by atoms with Crippen LogP contribution in [-0.4, -0.2) is 17.6 Å². The summed E-state index contributed by atoms with van der Waals surface area (Å²) in [6.07, 6.45) is 4.73. The zero-order valence-electron chi connectivity index (χ0n) is 7.33. The summed E-state index contributed by atoms with van der Waals surface area (Å²) in [7, 11) is 0. The Morgan fingerprint density at radius 1 is 1.25 bits per heavy atom. The Balaban J connectivity index is 2.21. The van der Waals surface area contributed by atoms with Crippen LogP contribution in [0, 0.1) is 11.8 Å². The molecule has 0 radical (unpaired) electrons. The molecule has 0 unspecified atom stereocenters. The summed E-state index contributed by atoms with van der Waals surface area (Å²) in [5, 5.41) is 8.87. The highest BCUT2D eigenvalue weighted by Crippen LogP contribution is 2.29. The van der Waals surface area contributed by atoms with Crippen molar-refractivity contribution in [2.45, 2.75) is 32.1 Å². The van der Waals surface area contributed by atoms with Crippen molar-refractivity contribution in [3.8, 4) is 0 Å². The van der Waals surface area contributed by atoms with Crippen LogP contribution in [0.4, 0.5) is 0 Å². The summed E-state index contributed by atoms with van der Waals surface area (Å²) in [4.78, 5) is 10.6. The van der Waals surface area contributed by atoms with Crippen molar-refractivity contribution >= 4 is 5.91 Å². The zero-order chi connectivity index (χ0) is 8.97. The molecular weight excluding hydrogens is 154 g/mol. The number of rotatable bonds is 3. The van der Waals surface area contributed by atoms with Crippen LogP contribution in [0.3, 0.4) is 0 Å². The summed E-state index contributed by atoms with van der Waals surface area (Å²) in [6, 6.07) is 0. The van der Waals surface area contributed by atoms with Gasteiger partial charge in [-0.2, -0.15) is 0 Å². The van der Waals surface area contributed by atoms with E-state index in [-0.39, 0.29) is 5.91 Å². The van der Waals surface area contributed by atoms with Crippen molar-refractivity contribution in [2.75, 3.05) is 6.61 Å². The minimum atomic E-state index is -0.192. The summed E-state index contributed by atoms with van der Waals surface area (Å²) < 4.78 is 0. The lowest BCUT2D eigenvalue weighted by Crippen LogP contribution is -2.22. The molecule has 3 N–H and O–H groups in total. The Bertz CT molecular complexity index is 151. The van der Waals surface area contributed by atoms with Crippen molar-refractivity contribution in [1.82, 2.24) is 0 Å². The molecule has 3 heteroatoms. The molecular formula is C9H17NO2. The molecule has 0 aromatic carbocycles. The lowest BCUT2D eigenvalue weighted by atomic mass is 9.81. The quantitative estimate of drug-likeness (QED) is 0.655. The summed E-state index contributed by atoms with van der Waals surface area (Å²) in [5.41, 5.74) is 5.10. The van der Waals surface area contributed by atoms with Gasteiger partial charge in [-0.3, -0.25) is 4.79 Å². The number of amides is 1. The predicted molar refractivity (Wildman–Crippen MR) is 46.3 cm³/mol. The molecule has 1 aliphatic carbocycles. The minimum absolute atomic E-state index is 0.192. The maximum Gasteiger partial charge on any atom is 0.217 e. The van der Waals surface area contributed by atoms with Gasteiger partial charge in [-0.1, -0.05) is 0 Å². The van der Waals surface area contributed by atoms with Gasteiger partial charge in [0.15, 0.2) is 0 Å². The van der Waals surface area contributed by atoms with E-state index in [9.17, 15) is 4.79 Å². The van der Waals surface area contributed by atoms with Crippen LogP contribution in [0.1, 0.15) is 32.1 Å². The fraction of sp³-hybridized carbons (Fsp3) is 0.889. The zero-order valence-corrected chi connectivity index (χ0v) is 7.33. The maximum absolute atomic E-state index is 10.6. The SMILES string of the molecule is NC(=O)CC1CCC(CO)CC1. The third-order valence-corrected chi connectivity index (χ3v) is 2.71. The highest BCUT2D eigenvalue weighted by atomic mass is 16.3. The Kier molecular flexibility index (Phi) is 3.53. The number of carbonyl (C=O) groups is 1. The molecule has 0 aliphatic heterocycles. The molecule has 12 heavy (non-hydrogen) atoms. The van der Waals surface area contributed by atoms with Crippen LogP contribution in [0.25, 0.3) is 0 Å².